The molecule has 0 fully saturated rings. The fourth-order valence-electron chi connectivity index (χ4n) is 2.38. The van der Waals surface area contributed by atoms with Gasteiger partial charge in [-0.2, -0.15) is 13.2 Å². The van der Waals surface area contributed by atoms with Crippen LogP contribution < -0.4 is 4.72 Å². The summed E-state index contributed by atoms with van der Waals surface area (Å²) in [6.45, 7) is 6.07. The van der Waals surface area contributed by atoms with Gasteiger partial charge < -0.3 is 0 Å². The zero-order valence-electron chi connectivity index (χ0n) is 15.9. The van der Waals surface area contributed by atoms with Crippen LogP contribution in [0.1, 0.15) is 37.6 Å². The summed E-state index contributed by atoms with van der Waals surface area (Å²) in [5, 5.41) is 4.44. The highest BCUT2D eigenvalue weighted by atomic mass is 32.2. The van der Waals surface area contributed by atoms with Gasteiger partial charge in [0.15, 0.2) is 0 Å². The highest BCUT2D eigenvalue weighted by Gasteiger charge is 2.30. The third kappa shape index (κ3) is 5.25. The number of aromatic nitrogens is 1. The Kier molecular flexibility index (Phi) is 5.92. The number of hydrogen-bond acceptors (Lipinski definition) is 5. The topological polar surface area (TPSA) is 59.1 Å². The van der Waals surface area contributed by atoms with E-state index in [1.165, 1.54) is 23.5 Å². The summed E-state index contributed by atoms with van der Waals surface area (Å²) in [6, 6.07) is 5.94. The van der Waals surface area contributed by atoms with E-state index < -0.39 is 21.8 Å². The van der Waals surface area contributed by atoms with E-state index in [1.54, 1.807) is 11.4 Å². The van der Waals surface area contributed by atoms with Gasteiger partial charge in [0.1, 0.15) is 9.22 Å². The SMILES string of the molecule is CC(C)(C)c1csc(-c2csc(S(=O)(=O)NCc3ccc(C(F)(F)F)cc3)c2)n1. The van der Waals surface area contributed by atoms with Gasteiger partial charge in [0.05, 0.1) is 11.3 Å². The van der Waals surface area contributed by atoms with Crippen LogP contribution in [0.5, 0.6) is 0 Å². The standard InChI is InChI=1S/C19H19F3N2O2S3/c1-18(2,3)15-11-28-17(24-15)13-8-16(27-10-13)29(25,26)23-9-12-4-6-14(7-5-12)19(20,21)22/h4-8,10-11,23H,9H2,1-3H3. The number of hydrogen-bond donors (Lipinski definition) is 1. The van der Waals surface area contributed by atoms with Crippen LogP contribution in [-0.4, -0.2) is 13.4 Å². The van der Waals surface area contributed by atoms with Crippen molar-refractivity contribution in [1.82, 2.24) is 9.71 Å². The lowest BCUT2D eigenvalue weighted by Crippen LogP contribution is -2.22. The van der Waals surface area contributed by atoms with Crippen LogP contribution in [0.25, 0.3) is 10.6 Å². The van der Waals surface area contributed by atoms with Crippen molar-refractivity contribution < 1.29 is 21.6 Å². The number of thiazole rings is 1. The highest BCUT2D eigenvalue weighted by molar-refractivity contribution is 7.91. The number of alkyl halides is 3. The maximum absolute atomic E-state index is 12.6. The Morgan fingerprint density at radius 1 is 1.03 bits per heavy atom. The molecule has 0 aliphatic rings. The molecule has 3 rings (SSSR count). The fourth-order valence-corrected chi connectivity index (χ4v) is 5.72. The van der Waals surface area contributed by atoms with E-state index in [0.29, 0.717) is 5.56 Å². The van der Waals surface area contributed by atoms with Crippen LogP contribution in [0.2, 0.25) is 0 Å². The predicted octanol–water partition coefficient (Wildman–Crippen LogP) is 5.67. The van der Waals surface area contributed by atoms with E-state index in [9.17, 15) is 21.6 Å². The van der Waals surface area contributed by atoms with E-state index in [2.05, 4.69) is 30.5 Å². The number of nitrogens with zero attached hydrogens (tertiary/aromatic N) is 1. The molecule has 2 aromatic heterocycles. The molecule has 0 aliphatic carbocycles. The Morgan fingerprint density at radius 2 is 1.69 bits per heavy atom. The van der Waals surface area contributed by atoms with Crippen molar-refractivity contribution in [2.24, 2.45) is 0 Å². The minimum atomic E-state index is -4.42. The molecule has 0 saturated carbocycles. The largest absolute Gasteiger partial charge is 0.416 e. The smallest absolute Gasteiger partial charge is 0.241 e. The summed E-state index contributed by atoms with van der Waals surface area (Å²) >= 11 is 2.53. The molecule has 0 spiro atoms. The first-order chi connectivity index (χ1) is 13.4. The van der Waals surface area contributed by atoms with Crippen LogP contribution >= 0.6 is 22.7 Å². The van der Waals surface area contributed by atoms with Crippen molar-refractivity contribution in [3.05, 3.63) is 57.9 Å². The molecule has 0 aliphatic heterocycles. The van der Waals surface area contributed by atoms with Crippen LogP contribution in [0.4, 0.5) is 13.2 Å². The minimum absolute atomic E-state index is 0.0943. The lowest BCUT2D eigenvalue weighted by Gasteiger charge is -2.14. The summed E-state index contributed by atoms with van der Waals surface area (Å²) < 4.78 is 65.5. The molecule has 0 saturated heterocycles. The van der Waals surface area contributed by atoms with E-state index >= 15 is 0 Å². The quantitative estimate of drug-likeness (QED) is 0.534. The Labute approximate surface area is 175 Å². The van der Waals surface area contributed by atoms with E-state index in [0.717, 1.165) is 39.7 Å². The monoisotopic (exact) mass is 460 g/mol. The maximum Gasteiger partial charge on any atom is 0.416 e. The number of rotatable bonds is 5. The Hall–Kier alpha value is -1.75. The molecule has 156 valence electrons. The third-order valence-electron chi connectivity index (χ3n) is 4.11. The van der Waals surface area contributed by atoms with Gasteiger partial charge in [-0.15, -0.1) is 22.7 Å². The summed E-state index contributed by atoms with van der Waals surface area (Å²) in [4.78, 5) is 4.59. The third-order valence-corrected chi connectivity index (χ3v) is 7.84. The highest BCUT2D eigenvalue weighted by Crippen LogP contribution is 2.33. The van der Waals surface area contributed by atoms with Gasteiger partial charge >= 0.3 is 6.18 Å². The van der Waals surface area contributed by atoms with Crippen LogP contribution in [0.3, 0.4) is 0 Å². The normalized spacial score (nSPS) is 13.0. The van der Waals surface area contributed by atoms with E-state index in [1.807, 2.05) is 5.38 Å². The van der Waals surface area contributed by atoms with Gasteiger partial charge in [-0.3, -0.25) is 0 Å². The second-order valence-electron chi connectivity index (χ2n) is 7.46. The molecule has 0 unspecified atom stereocenters. The molecule has 4 nitrogen and oxygen atoms in total. The summed E-state index contributed by atoms with van der Waals surface area (Å²) in [5.74, 6) is 0. The average molecular weight is 461 g/mol. The fraction of sp³-hybridized carbons (Fsp3) is 0.316. The minimum Gasteiger partial charge on any atom is -0.241 e. The molecule has 0 bridgehead atoms. The molecular formula is C19H19F3N2O2S3. The summed E-state index contributed by atoms with van der Waals surface area (Å²) in [7, 11) is -3.78. The zero-order valence-corrected chi connectivity index (χ0v) is 18.3. The Bertz CT molecular complexity index is 1090. The van der Waals surface area contributed by atoms with Crippen molar-refractivity contribution in [3.8, 4) is 10.6 Å². The van der Waals surface area contributed by atoms with Gasteiger partial charge in [0.25, 0.3) is 0 Å². The molecule has 0 radical (unpaired) electrons. The molecule has 0 atom stereocenters. The lowest BCUT2D eigenvalue weighted by molar-refractivity contribution is -0.137. The molecule has 0 amide bonds. The number of halogens is 3. The molecule has 29 heavy (non-hydrogen) atoms. The van der Waals surface area contributed by atoms with Gasteiger partial charge in [-0.05, 0) is 23.8 Å². The first-order valence-electron chi connectivity index (χ1n) is 8.57. The van der Waals surface area contributed by atoms with Crippen LogP contribution in [0.15, 0.2) is 45.3 Å². The van der Waals surface area contributed by atoms with E-state index in [4.69, 9.17) is 0 Å². The predicted molar refractivity (Wildman–Crippen MR) is 110 cm³/mol. The molecule has 10 heteroatoms. The van der Waals surface area contributed by atoms with Crippen LogP contribution in [0, 0.1) is 0 Å². The maximum atomic E-state index is 12.6. The number of nitrogens with one attached hydrogen (secondary N) is 1. The summed E-state index contributed by atoms with van der Waals surface area (Å²) in [5.41, 5.74) is 1.24. The lowest BCUT2D eigenvalue weighted by atomic mass is 9.93. The Morgan fingerprint density at radius 3 is 2.24 bits per heavy atom. The molecular weight excluding hydrogens is 441 g/mol. The van der Waals surface area contributed by atoms with Gasteiger partial charge in [-0.1, -0.05) is 32.9 Å². The van der Waals surface area contributed by atoms with Crippen molar-refractivity contribution in [2.75, 3.05) is 0 Å². The van der Waals surface area contributed by atoms with Crippen molar-refractivity contribution in [1.29, 1.82) is 0 Å². The van der Waals surface area contributed by atoms with Gasteiger partial charge in [0, 0.05) is 28.3 Å². The zero-order chi connectivity index (χ0) is 21.4. The summed E-state index contributed by atoms with van der Waals surface area (Å²) in [6.07, 6.45) is -4.42. The molecule has 3 aromatic rings. The Balaban J connectivity index is 1.71. The van der Waals surface area contributed by atoms with Crippen molar-refractivity contribution in [2.45, 2.75) is 43.1 Å². The molecule has 2 heterocycles. The van der Waals surface area contributed by atoms with Gasteiger partial charge in [-0.25, -0.2) is 18.1 Å². The van der Waals surface area contributed by atoms with Crippen LogP contribution in [-0.2, 0) is 28.2 Å². The van der Waals surface area contributed by atoms with E-state index in [-0.39, 0.29) is 16.2 Å². The molecule has 1 N–H and O–H groups in total. The van der Waals surface area contributed by atoms with Crippen molar-refractivity contribution >= 4 is 32.7 Å². The van der Waals surface area contributed by atoms with Gasteiger partial charge in [0.2, 0.25) is 10.0 Å². The number of thiophene rings is 1. The second-order valence-corrected chi connectivity index (χ2v) is 11.2. The average Bonchev–Trinajstić information content (AvgIpc) is 3.28. The number of sulfonamides is 1. The first kappa shape index (κ1) is 21.9. The molecule has 1 aromatic carbocycles. The first-order valence-corrected chi connectivity index (χ1v) is 11.8. The second kappa shape index (κ2) is 7.82. The number of benzene rings is 1. The van der Waals surface area contributed by atoms with Crippen molar-refractivity contribution in [3.63, 3.8) is 0 Å².